The van der Waals surface area contributed by atoms with Crippen molar-refractivity contribution in [3.63, 3.8) is 0 Å². The van der Waals surface area contributed by atoms with Crippen molar-refractivity contribution in [2.24, 2.45) is 0 Å². The fraction of sp³-hybridized carbons (Fsp3) is 0.941. The zero-order chi connectivity index (χ0) is 18.3. The molecule has 0 saturated carbocycles. The lowest BCUT2D eigenvalue weighted by molar-refractivity contribution is -0.137. The van der Waals surface area contributed by atoms with Gasteiger partial charge in [-0.15, -0.1) is 0 Å². The largest absolute Gasteiger partial charge is 0.518 e. The highest BCUT2D eigenvalue weighted by molar-refractivity contribution is 6.75. The molecule has 1 aliphatic rings. The standard InChI is InChI=1S/C17H37NO3Si2/c1-16(2,3)22(7,8)20-13-11-14(18-12-13)15(19)21-23(9,10)17(4,5)6/h13-14,18H,11-12H2,1-10H3/t13?,14-/m0/s1. The van der Waals surface area contributed by atoms with Crippen LogP contribution in [0.25, 0.3) is 0 Å². The Hall–Kier alpha value is -0.176. The maximum Gasteiger partial charge on any atom is 0.309 e. The summed E-state index contributed by atoms with van der Waals surface area (Å²) in [4.78, 5) is 12.5. The smallest absolute Gasteiger partial charge is 0.309 e. The summed E-state index contributed by atoms with van der Waals surface area (Å²) in [6.45, 7) is 22.7. The van der Waals surface area contributed by atoms with E-state index in [9.17, 15) is 4.79 Å². The second-order valence-electron chi connectivity index (χ2n) is 9.88. The van der Waals surface area contributed by atoms with Crippen LogP contribution in [0.4, 0.5) is 0 Å². The van der Waals surface area contributed by atoms with Crippen LogP contribution < -0.4 is 5.32 Å². The van der Waals surface area contributed by atoms with Crippen LogP contribution in [-0.2, 0) is 13.6 Å². The molecule has 0 aliphatic carbocycles. The van der Waals surface area contributed by atoms with Gasteiger partial charge in [-0.25, -0.2) is 0 Å². The van der Waals surface area contributed by atoms with Crippen molar-refractivity contribution in [1.29, 1.82) is 0 Å². The molecule has 1 fully saturated rings. The Morgan fingerprint density at radius 1 is 0.957 bits per heavy atom. The molecule has 0 aromatic heterocycles. The van der Waals surface area contributed by atoms with Gasteiger partial charge in [-0.3, -0.25) is 4.79 Å². The van der Waals surface area contributed by atoms with E-state index in [4.69, 9.17) is 8.85 Å². The van der Waals surface area contributed by atoms with Gasteiger partial charge >= 0.3 is 5.97 Å². The zero-order valence-electron chi connectivity index (χ0n) is 16.8. The van der Waals surface area contributed by atoms with Crippen LogP contribution in [0, 0.1) is 0 Å². The maximum atomic E-state index is 12.5. The molecule has 6 heteroatoms. The second kappa shape index (κ2) is 6.61. The minimum atomic E-state index is -2.06. The lowest BCUT2D eigenvalue weighted by Crippen LogP contribution is -2.46. The first-order valence-corrected chi connectivity index (χ1v) is 14.5. The monoisotopic (exact) mass is 359 g/mol. The second-order valence-corrected chi connectivity index (χ2v) is 19.4. The van der Waals surface area contributed by atoms with E-state index >= 15 is 0 Å². The first-order valence-electron chi connectivity index (χ1n) is 8.71. The molecular formula is C17H37NO3Si2. The molecule has 136 valence electrons. The highest BCUT2D eigenvalue weighted by Gasteiger charge is 2.44. The molecule has 23 heavy (non-hydrogen) atoms. The Morgan fingerprint density at radius 3 is 1.87 bits per heavy atom. The molecule has 1 aliphatic heterocycles. The van der Waals surface area contributed by atoms with E-state index in [0.717, 1.165) is 13.0 Å². The summed E-state index contributed by atoms with van der Waals surface area (Å²) in [5.74, 6) is -0.0991. The maximum absolute atomic E-state index is 12.5. The Bertz CT molecular complexity index is 436. The van der Waals surface area contributed by atoms with Gasteiger partial charge in [0.15, 0.2) is 8.32 Å². The molecule has 2 atom stereocenters. The van der Waals surface area contributed by atoms with Crippen molar-refractivity contribution in [1.82, 2.24) is 5.32 Å². The lowest BCUT2D eigenvalue weighted by Gasteiger charge is -2.38. The van der Waals surface area contributed by atoms with Gasteiger partial charge in [-0.1, -0.05) is 41.5 Å². The predicted octanol–water partition coefficient (Wildman–Crippen LogP) is 4.29. The Kier molecular flexibility index (Phi) is 6.00. The summed E-state index contributed by atoms with van der Waals surface area (Å²) in [6, 6.07) is -0.223. The topological polar surface area (TPSA) is 47.6 Å². The molecule has 4 nitrogen and oxygen atoms in total. The van der Waals surface area contributed by atoms with Crippen molar-refractivity contribution >= 4 is 22.6 Å². The van der Waals surface area contributed by atoms with Gasteiger partial charge in [0.25, 0.3) is 8.32 Å². The Balaban J connectivity index is 2.63. The van der Waals surface area contributed by atoms with Gasteiger partial charge in [-0.2, -0.15) is 0 Å². The predicted molar refractivity (Wildman–Crippen MR) is 102 cm³/mol. The summed E-state index contributed by atoms with van der Waals surface area (Å²) in [6.07, 6.45) is 0.841. The van der Waals surface area contributed by atoms with Crippen molar-refractivity contribution in [2.45, 2.75) is 96.4 Å². The Labute approximate surface area is 145 Å². The molecule has 1 saturated heterocycles. The fourth-order valence-corrected chi connectivity index (χ4v) is 4.36. The van der Waals surface area contributed by atoms with Crippen LogP contribution in [0.1, 0.15) is 48.0 Å². The minimum Gasteiger partial charge on any atom is -0.518 e. The Morgan fingerprint density at radius 2 is 1.43 bits per heavy atom. The van der Waals surface area contributed by atoms with Crippen LogP contribution in [0.2, 0.25) is 36.3 Å². The third-order valence-corrected chi connectivity index (χ3v) is 14.7. The van der Waals surface area contributed by atoms with Crippen molar-refractivity contribution in [2.75, 3.05) is 6.54 Å². The molecular weight excluding hydrogens is 322 g/mol. The molecule has 1 heterocycles. The SMILES string of the molecule is CC(C)(C)[Si](C)(C)OC(=O)[C@@H]1CC(O[Si](C)(C)C(C)(C)C)CN1. The number of hydrogen-bond donors (Lipinski definition) is 1. The summed E-state index contributed by atoms with van der Waals surface area (Å²) in [7, 11) is -3.85. The fourth-order valence-electron chi connectivity index (χ4n) is 2.04. The van der Waals surface area contributed by atoms with Gasteiger partial charge in [0.05, 0.1) is 6.10 Å². The summed E-state index contributed by atoms with van der Waals surface area (Å²) >= 11 is 0. The zero-order valence-corrected chi connectivity index (χ0v) is 18.8. The quantitative estimate of drug-likeness (QED) is 0.761. The van der Waals surface area contributed by atoms with E-state index in [1.54, 1.807) is 0 Å². The number of rotatable bonds is 4. The molecule has 0 aromatic carbocycles. The molecule has 0 amide bonds. The summed E-state index contributed by atoms with van der Waals surface area (Å²) in [5, 5.41) is 3.53. The van der Waals surface area contributed by atoms with Gasteiger partial charge in [-0.05, 0) is 42.7 Å². The van der Waals surface area contributed by atoms with Gasteiger partial charge in [0, 0.05) is 6.54 Å². The first-order chi connectivity index (χ1) is 10.1. The average Bonchev–Trinajstić information content (AvgIpc) is 2.72. The molecule has 1 unspecified atom stereocenters. The van der Waals surface area contributed by atoms with Crippen LogP contribution in [0.15, 0.2) is 0 Å². The van der Waals surface area contributed by atoms with Crippen LogP contribution in [0.5, 0.6) is 0 Å². The van der Waals surface area contributed by atoms with E-state index < -0.39 is 16.6 Å². The van der Waals surface area contributed by atoms with E-state index in [2.05, 4.69) is 73.0 Å². The highest BCUT2D eigenvalue weighted by Crippen LogP contribution is 2.39. The molecule has 1 rings (SSSR count). The van der Waals surface area contributed by atoms with E-state index in [1.807, 2.05) is 0 Å². The van der Waals surface area contributed by atoms with Crippen molar-refractivity contribution in [3.05, 3.63) is 0 Å². The minimum absolute atomic E-state index is 0.0400. The van der Waals surface area contributed by atoms with Crippen LogP contribution in [-0.4, -0.2) is 41.3 Å². The lowest BCUT2D eigenvalue weighted by atomic mass is 10.2. The number of carbonyl (C=O) groups is 1. The van der Waals surface area contributed by atoms with Crippen molar-refractivity contribution < 1.29 is 13.6 Å². The van der Waals surface area contributed by atoms with Crippen LogP contribution >= 0.6 is 0 Å². The molecule has 1 N–H and O–H groups in total. The summed E-state index contributed by atoms with van der Waals surface area (Å²) in [5.41, 5.74) is 0. The third-order valence-electron chi connectivity index (χ3n) is 5.80. The van der Waals surface area contributed by atoms with Crippen molar-refractivity contribution in [3.8, 4) is 0 Å². The van der Waals surface area contributed by atoms with Crippen LogP contribution in [0.3, 0.4) is 0 Å². The molecule has 0 aromatic rings. The highest BCUT2D eigenvalue weighted by atomic mass is 28.4. The molecule has 0 radical (unpaired) electrons. The molecule has 0 bridgehead atoms. The van der Waals surface area contributed by atoms with E-state index in [-0.39, 0.29) is 28.2 Å². The summed E-state index contributed by atoms with van der Waals surface area (Å²) < 4.78 is 12.3. The number of hydrogen-bond acceptors (Lipinski definition) is 4. The molecule has 0 spiro atoms. The van der Waals surface area contributed by atoms with E-state index in [1.165, 1.54) is 0 Å². The van der Waals surface area contributed by atoms with Gasteiger partial charge in [0.2, 0.25) is 0 Å². The number of nitrogens with one attached hydrogen (secondary N) is 1. The van der Waals surface area contributed by atoms with Gasteiger partial charge in [0.1, 0.15) is 6.04 Å². The number of carbonyl (C=O) groups excluding carboxylic acids is 1. The van der Waals surface area contributed by atoms with Gasteiger partial charge < -0.3 is 14.2 Å². The van der Waals surface area contributed by atoms with E-state index in [0.29, 0.717) is 0 Å². The normalized spacial score (nSPS) is 23.9. The average molecular weight is 360 g/mol. The third kappa shape index (κ3) is 5.15. The first kappa shape index (κ1) is 20.9.